The molecule has 1 aliphatic heterocycles. The van der Waals surface area contributed by atoms with Crippen molar-refractivity contribution < 1.29 is 19.2 Å². The van der Waals surface area contributed by atoms with Crippen LogP contribution in [0.5, 0.6) is 0 Å². The van der Waals surface area contributed by atoms with Crippen molar-refractivity contribution in [1.82, 2.24) is 0 Å². The number of rotatable bonds is 2. The highest BCUT2D eigenvalue weighted by molar-refractivity contribution is 6.61. The quantitative estimate of drug-likeness (QED) is 0.549. The number of fused-ring (bicyclic) bond motifs is 1. The highest BCUT2D eigenvalue weighted by Gasteiger charge is 2.28. The molecule has 0 spiro atoms. The Hall–Kier alpha value is -1.33. The molecule has 0 bridgehead atoms. The number of hydrogen-bond acceptors (Lipinski definition) is 4. The Bertz CT molecular complexity index is 391. The van der Waals surface area contributed by atoms with E-state index in [1.54, 1.807) is 25.1 Å². The van der Waals surface area contributed by atoms with E-state index in [9.17, 15) is 9.82 Å². The van der Waals surface area contributed by atoms with Gasteiger partial charge in [0.05, 0.1) is 18.8 Å². The van der Waals surface area contributed by atoms with Crippen molar-refractivity contribution in [2.75, 3.05) is 6.61 Å². The zero-order valence-electron chi connectivity index (χ0n) is 8.40. The SMILES string of the molecule is CCOC(=O)c1ccc2c(c1)B(O)OC2. The number of hydrogen-bond donors (Lipinski definition) is 1. The van der Waals surface area contributed by atoms with Crippen LogP contribution in [0.1, 0.15) is 22.8 Å². The first-order valence-corrected chi connectivity index (χ1v) is 4.82. The molecule has 0 aliphatic carbocycles. The van der Waals surface area contributed by atoms with Gasteiger partial charge in [-0.3, -0.25) is 0 Å². The van der Waals surface area contributed by atoms with E-state index in [0.29, 0.717) is 24.2 Å². The Kier molecular flexibility index (Phi) is 2.75. The molecule has 78 valence electrons. The Morgan fingerprint density at radius 3 is 3.20 bits per heavy atom. The van der Waals surface area contributed by atoms with Crippen molar-refractivity contribution in [3.8, 4) is 0 Å². The first-order valence-electron chi connectivity index (χ1n) is 4.82. The van der Waals surface area contributed by atoms with E-state index in [4.69, 9.17) is 9.39 Å². The normalized spacial score (nSPS) is 13.9. The molecule has 0 saturated heterocycles. The van der Waals surface area contributed by atoms with Crippen LogP contribution in [0.3, 0.4) is 0 Å². The smallest absolute Gasteiger partial charge is 0.462 e. The molecule has 0 aromatic heterocycles. The van der Waals surface area contributed by atoms with Crippen molar-refractivity contribution >= 4 is 18.6 Å². The average molecular weight is 206 g/mol. The third-order valence-corrected chi connectivity index (χ3v) is 2.32. The molecule has 15 heavy (non-hydrogen) atoms. The Labute approximate surface area is 88.0 Å². The van der Waals surface area contributed by atoms with Crippen LogP contribution in [0.25, 0.3) is 0 Å². The molecule has 1 heterocycles. The molecule has 4 nitrogen and oxygen atoms in total. The number of carbonyl (C=O) groups excluding carboxylic acids is 1. The fourth-order valence-corrected chi connectivity index (χ4v) is 1.56. The van der Waals surface area contributed by atoms with E-state index in [0.717, 1.165) is 5.56 Å². The molecule has 1 N–H and O–H groups in total. The van der Waals surface area contributed by atoms with Crippen LogP contribution < -0.4 is 5.46 Å². The minimum Gasteiger partial charge on any atom is -0.462 e. The van der Waals surface area contributed by atoms with Gasteiger partial charge in [0.2, 0.25) is 0 Å². The highest BCUT2D eigenvalue weighted by atomic mass is 16.5. The monoisotopic (exact) mass is 206 g/mol. The molecule has 2 rings (SSSR count). The van der Waals surface area contributed by atoms with E-state index in [1.807, 2.05) is 0 Å². The number of esters is 1. The minimum atomic E-state index is -0.922. The summed E-state index contributed by atoms with van der Waals surface area (Å²) in [5.74, 6) is -0.376. The number of benzene rings is 1. The van der Waals surface area contributed by atoms with Crippen LogP contribution in [0.2, 0.25) is 0 Å². The van der Waals surface area contributed by atoms with Crippen molar-refractivity contribution in [1.29, 1.82) is 0 Å². The van der Waals surface area contributed by atoms with E-state index < -0.39 is 7.12 Å². The molecular weight excluding hydrogens is 195 g/mol. The second-order valence-corrected chi connectivity index (χ2v) is 3.30. The van der Waals surface area contributed by atoms with Gasteiger partial charge < -0.3 is 14.4 Å². The zero-order chi connectivity index (χ0) is 10.8. The van der Waals surface area contributed by atoms with Crippen molar-refractivity contribution in [2.24, 2.45) is 0 Å². The van der Waals surface area contributed by atoms with Crippen molar-refractivity contribution in [3.63, 3.8) is 0 Å². The van der Waals surface area contributed by atoms with Gasteiger partial charge in [-0.05, 0) is 30.1 Å². The Morgan fingerprint density at radius 2 is 2.47 bits per heavy atom. The van der Waals surface area contributed by atoms with Crippen LogP contribution in [0, 0.1) is 0 Å². The molecule has 0 atom stereocenters. The second-order valence-electron chi connectivity index (χ2n) is 3.30. The minimum absolute atomic E-state index is 0.342. The van der Waals surface area contributed by atoms with Gasteiger partial charge in [-0.2, -0.15) is 0 Å². The lowest BCUT2D eigenvalue weighted by Gasteiger charge is -2.03. The number of ether oxygens (including phenoxy) is 1. The van der Waals surface area contributed by atoms with Crippen LogP contribution in [-0.4, -0.2) is 24.7 Å². The van der Waals surface area contributed by atoms with E-state index in [-0.39, 0.29) is 5.97 Å². The topological polar surface area (TPSA) is 55.8 Å². The highest BCUT2D eigenvalue weighted by Crippen LogP contribution is 2.11. The molecule has 0 unspecified atom stereocenters. The van der Waals surface area contributed by atoms with Gasteiger partial charge >= 0.3 is 13.1 Å². The largest absolute Gasteiger partial charge is 0.491 e. The maximum absolute atomic E-state index is 11.4. The fourth-order valence-electron chi connectivity index (χ4n) is 1.56. The van der Waals surface area contributed by atoms with Gasteiger partial charge in [-0.15, -0.1) is 0 Å². The molecule has 0 amide bonds. The van der Waals surface area contributed by atoms with Gasteiger partial charge in [-0.1, -0.05) is 6.07 Å². The molecular formula is C10H11BO4. The van der Waals surface area contributed by atoms with Crippen LogP contribution in [0.15, 0.2) is 18.2 Å². The summed E-state index contributed by atoms with van der Waals surface area (Å²) < 4.78 is 9.88. The van der Waals surface area contributed by atoms with Gasteiger partial charge in [0, 0.05) is 0 Å². The summed E-state index contributed by atoms with van der Waals surface area (Å²) in [4.78, 5) is 11.4. The number of carbonyl (C=O) groups is 1. The lowest BCUT2D eigenvalue weighted by atomic mass is 9.79. The Balaban J connectivity index is 2.29. The predicted molar refractivity (Wildman–Crippen MR) is 54.8 cm³/mol. The first-order chi connectivity index (χ1) is 7.22. The summed E-state index contributed by atoms with van der Waals surface area (Å²) >= 11 is 0. The van der Waals surface area contributed by atoms with Crippen LogP contribution >= 0.6 is 0 Å². The summed E-state index contributed by atoms with van der Waals surface area (Å²) in [6, 6.07) is 5.07. The lowest BCUT2D eigenvalue weighted by molar-refractivity contribution is 0.0526. The van der Waals surface area contributed by atoms with Gasteiger partial charge in [-0.25, -0.2) is 4.79 Å². The summed E-state index contributed by atoms with van der Waals surface area (Å²) in [6.45, 7) is 2.48. The van der Waals surface area contributed by atoms with Gasteiger partial charge in [0.15, 0.2) is 0 Å². The molecule has 0 saturated carbocycles. The molecule has 0 radical (unpaired) electrons. The maximum atomic E-state index is 11.4. The summed E-state index contributed by atoms with van der Waals surface area (Å²) in [5, 5.41) is 9.44. The summed E-state index contributed by atoms with van der Waals surface area (Å²) in [6.07, 6.45) is 0. The third kappa shape index (κ3) is 1.89. The molecule has 1 aliphatic rings. The molecule has 1 aromatic rings. The first kappa shape index (κ1) is 10.2. The summed E-state index contributed by atoms with van der Waals surface area (Å²) in [5.41, 5.74) is 2.01. The molecule has 0 fully saturated rings. The standard InChI is InChI=1S/C10H11BO4/c1-2-14-10(12)7-3-4-8-6-15-11(13)9(8)5-7/h3-5,13H,2,6H2,1H3. The zero-order valence-corrected chi connectivity index (χ0v) is 8.40. The predicted octanol–water partition coefficient (Wildman–Crippen LogP) is 0.0810. The van der Waals surface area contributed by atoms with Crippen LogP contribution in [0.4, 0.5) is 0 Å². The van der Waals surface area contributed by atoms with E-state index >= 15 is 0 Å². The lowest BCUT2D eigenvalue weighted by Crippen LogP contribution is -2.28. The molecule has 5 heteroatoms. The summed E-state index contributed by atoms with van der Waals surface area (Å²) in [7, 11) is -0.922. The van der Waals surface area contributed by atoms with Crippen molar-refractivity contribution in [2.45, 2.75) is 13.5 Å². The second kappa shape index (κ2) is 4.04. The van der Waals surface area contributed by atoms with Crippen LogP contribution in [-0.2, 0) is 16.0 Å². The van der Waals surface area contributed by atoms with Crippen molar-refractivity contribution in [3.05, 3.63) is 29.3 Å². The fraction of sp³-hybridized carbons (Fsp3) is 0.300. The molecule has 1 aromatic carbocycles. The Morgan fingerprint density at radius 1 is 1.67 bits per heavy atom. The average Bonchev–Trinajstić information content (AvgIpc) is 2.60. The maximum Gasteiger partial charge on any atom is 0.491 e. The van der Waals surface area contributed by atoms with Gasteiger partial charge in [0.25, 0.3) is 0 Å². The van der Waals surface area contributed by atoms with Gasteiger partial charge in [0.1, 0.15) is 0 Å². The van der Waals surface area contributed by atoms with E-state index in [1.165, 1.54) is 0 Å². The third-order valence-electron chi connectivity index (χ3n) is 2.32. The van der Waals surface area contributed by atoms with E-state index in [2.05, 4.69) is 0 Å².